The molecule has 2 aliphatic heterocycles. The number of carbonyl (C=O) groups is 1. The predicted octanol–water partition coefficient (Wildman–Crippen LogP) is 3.63. The first-order chi connectivity index (χ1) is 18.1. The fourth-order valence-corrected chi connectivity index (χ4v) is 8.27. The van der Waals surface area contributed by atoms with E-state index in [9.17, 15) is 21.6 Å². The van der Waals surface area contributed by atoms with Crippen LogP contribution in [0.2, 0.25) is 5.02 Å². The summed E-state index contributed by atoms with van der Waals surface area (Å²) in [6.45, 7) is 3.73. The van der Waals surface area contributed by atoms with Crippen molar-refractivity contribution in [2.24, 2.45) is 5.92 Å². The lowest BCUT2D eigenvalue weighted by Crippen LogP contribution is -2.45. The molecule has 0 bridgehead atoms. The fourth-order valence-electron chi connectivity index (χ4n) is 4.84. The summed E-state index contributed by atoms with van der Waals surface area (Å²) >= 11 is 6.08. The molecule has 2 aromatic rings. The van der Waals surface area contributed by atoms with Crippen LogP contribution >= 0.6 is 11.6 Å². The third-order valence-corrected chi connectivity index (χ3v) is 11.0. The number of ether oxygens (including phenoxy) is 1. The Morgan fingerprint density at radius 2 is 1.63 bits per heavy atom. The number of benzene rings is 2. The maximum Gasteiger partial charge on any atom is 0.246 e. The largest absolute Gasteiger partial charge is 0.492 e. The van der Waals surface area contributed by atoms with E-state index in [2.05, 4.69) is 5.32 Å². The first kappa shape index (κ1) is 28.8. The van der Waals surface area contributed by atoms with Crippen LogP contribution in [0.4, 0.5) is 0 Å². The Morgan fingerprint density at radius 3 is 2.32 bits per heavy atom. The Morgan fingerprint density at radius 1 is 0.947 bits per heavy atom. The van der Waals surface area contributed by atoms with Crippen molar-refractivity contribution >= 4 is 37.6 Å². The van der Waals surface area contributed by atoms with Gasteiger partial charge in [0.25, 0.3) is 0 Å². The highest BCUT2D eigenvalue weighted by atomic mass is 35.5. The van der Waals surface area contributed by atoms with E-state index in [1.807, 2.05) is 0 Å². The van der Waals surface area contributed by atoms with E-state index in [-0.39, 0.29) is 39.6 Å². The molecule has 12 heteroatoms. The quantitative estimate of drug-likeness (QED) is 0.482. The Labute approximate surface area is 230 Å². The van der Waals surface area contributed by atoms with Crippen LogP contribution in [-0.4, -0.2) is 64.1 Å². The molecular weight excluding hydrogens is 550 g/mol. The maximum absolute atomic E-state index is 13.4. The van der Waals surface area contributed by atoms with E-state index in [0.717, 1.165) is 24.8 Å². The summed E-state index contributed by atoms with van der Waals surface area (Å²) in [6, 6.07) is 11.0. The monoisotopic (exact) mass is 583 g/mol. The number of hydrogen-bond donors (Lipinski definition) is 1. The summed E-state index contributed by atoms with van der Waals surface area (Å²) in [7, 11) is -7.43. The number of sulfonamides is 2. The van der Waals surface area contributed by atoms with Gasteiger partial charge in [-0.3, -0.25) is 4.79 Å². The SMILES string of the molecule is CCOc1ccc(Cl)cc1S(=O)(=O)N1CCC[C@H](C(=O)NCc2ccc(S(=O)(=O)N3CCCCC3)cc2)C1. The second-order valence-electron chi connectivity index (χ2n) is 9.55. The molecular formula is C26H34ClN3O6S2. The molecule has 0 saturated carbocycles. The van der Waals surface area contributed by atoms with Crippen LogP contribution < -0.4 is 10.1 Å². The molecule has 38 heavy (non-hydrogen) atoms. The van der Waals surface area contributed by atoms with Gasteiger partial charge in [0.1, 0.15) is 10.6 Å². The highest BCUT2D eigenvalue weighted by molar-refractivity contribution is 7.89. The first-order valence-electron chi connectivity index (χ1n) is 12.9. The number of rotatable bonds is 9. The van der Waals surface area contributed by atoms with Crippen LogP contribution in [0.25, 0.3) is 0 Å². The van der Waals surface area contributed by atoms with Gasteiger partial charge in [0, 0.05) is 37.7 Å². The lowest BCUT2D eigenvalue weighted by molar-refractivity contribution is -0.126. The summed E-state index contributed by atoms with van der Waals surface area (Å²) in [5.41, 5.74) is 0.761. The molecule has 0 unspecified atom stereocenters. The van der Waals surface area contributed by atoms with Gasteiger partial charge in [-0.2, -0.15) is 8.61 Å². The van der Waals surface area contributed by atoms with Crippen LogP contribution in [0.5, 0.6) is 5.75 Å². The Balaban J connectivity index is 1.38. The Kier molecular flexibility index (Phi) is 9.36. The second-order valence-corrected chi connectivity index (χ2v) is 13.8. The molecule has 1 N–H and O–H groups in total. The summed E-state index contributed by atoms with van der Waals surface area (Å²) < 4.78 is 60.9. The van der Waals surface area contributed by atoms with Crippen molar-refractivity contribution in [1.82, 2.24) is 13.9 Å². The molecule has 4 rings (SSSR count). The van der Waals surface area contributed by atoms with Gasteiger partial charge in [-0.15, -0.1) is 0 Å². The number of amides is 1. The Hall–Kier alpha value is -2.18. The van der Waals surface area contributed by atoms with Crippen molar-refractivity contribution in [3.8, 4) is 5.75 Å². The highest BCUT2D eigenvalue weighted by Crippen LogP contribution is 2.32. The minimum atomic E-state index is -3.92. The summed E-state index contributed by atoms with van der Waals surface area (Å²) in [5.74, 6) is -0.521. The van der Waals surface area contributed by atoms with Gasteiger partial charge in [-0.25, -0.2) is 16.8 Å². The predicted molar refractivity (Wildman–Crippen MR) is 145 cm³/mol. The zero-order chi connectivity index (χ0) is 27.3. The number of nitrogens with one attached hydrogen (secondary N) is 1. The molecule has 0 aromatic heterocycles. The van der Waals surface area contributed by atoms with E-state index in [4.69, 9.17) is 16.3 Å². The minimum absolute atomic E-state index is 0.00694. The normalized spacial score (nSPS) is 19.7. The van der Waals surface area contributed by atoms with E-state index in [1.54, 1.807) is 37.3 Å². The molecule has 208 valence electrons. The van der Waals surface area contributed by atoms with Crippen LogP contribution in [0.1, 0.15) is 44.6 Å². The molecule has 9 nitrogen and oxygen atoms in total. The lowest BCUT2D eigenvalue weighted by Gasteiger charge is -2.31. The molecule has 2 aromatic carbocycles. The molecule has 0 spiro atoms. The molecule has 0 radical (unpaired) electrons. The molecule has 0 aliphatic carbocycles. The molecule has 1 amide bonds. The lowest BCUT2D eigenvalue weighted by atomic mass is 9.99. The third kappa shape index (κ3) is 6.51. The van der Waals surface area contributed by atoms with Crippen LogP contribution in [0.15, 0.2) is 52.3 Å². The van der Waals surface area contributed by atoms with Gasteiger partial charge < -0.3 is 10.1 Å². The maximum atomic E-state index is 13.4. The smallest absolute Gasteiger partial charge is 0.246 e. The van der Waals surface area contributed by atoms with Crippen molar-refractivity contribution in [2.45, 2.75) is 55.4 Å². The molecule has 2 fully saturated rings. The second kappa shape index (κ2) is 12.3. The summed E-state index contributed by atoms with van der Waals surface area (Å²) in [6.07, 6.45) is 3.90. The highest BCUT2D eigenvalue weighted by Gasteiger charge is 2.35. The topological polar surface area (TPSA) is 113 Å². The molecule has 2 aliphatic rings. The van der Waals surface area contributed by atoms with Crippen molar-refractivity contribution < 1.29 is 26.4 Å². The van der Waals surface area contributed by atoms with Crippen molar-refractivity contribution in [1.29, 1.82) is 0 Å². The van der Waals surface area contributed by atoms with Crippen LogP contribution in [-0.2, 0) is 31.4 Å². The van der Waals surface area contributed by atoms with Crippen molar-refractivity contribution in [3.63, 3.8) is 0 Å². The van der Waals surface area contributed by atoms with Gasteiger partial charge >= 0.3 is 0 Å². The van der Waals surface area contributed by atoms with Gasteiger partial charge in [-0.05, 0) is 68.5 Å². The Bertz CT molecular complexity index is 1340. The fraction of sp³-hybridized carbons (Fsp3) is 0.500. The number of hydrogen-bond acceptors (Lipinski definition) is 6. The molecule has 2 heterocycles. The average Bonchev–Trinajstić information content (AvgIpc) is 2.93. The standard InChI is InChI=1S/C26H34ClN3O6S2/c1-2-36-24-13-10-22(27)17-25(24)38(34,35)30-16-6-7-21(19-30)26(31)28-18-20-8-11-23(12-9-20)37(32,33)29-14-4-3-5-15-29/h8-13,17,21H,2-7,14-16,18-19H2,1H3,(H,28,31)/t21-/m0/s1. The van der Waals surface area contributed by atoms with Gasteiger partial charge in [0.05, 0.1) is 17.4 Å². The van der Waals surface area contributed by atoms with Gasteiger partial charge in [-0.1, -0.05) is 30.2 Å². The summed E-state index contributed by atoms with van der Waals surface area (Å²) in [5, 5.41) is 3.16. The first-order valence-corrected chi connectivity index (χ1v) is 16.2. The van der Waals surface area contributed by atoms with Crippen LogP contribution in [0.3, 0.4) is 0 Å². The van der Waals surface area contributed by atoms with Crippen molar-refractivity contribution in [2.75, 3.05) is 32.8 Å². The third-order valence-electron chi connectivity index (χ3n) is 6.92. The zero-order valence-corrected chi connectivity index (χ0v) is 23.8. The molecule has 1 atom stereocenters. The van der Waals surface area contributed by atoms with Crippen molar-refractivity contribution in [3.05, 3.63) is 53.1 Å². The van der Waals surface area contributed by atoms with Crippen LogP contribution in [0, 0.1) is 5.92 Å². The number of nitrogens with zero attached hydrogens (tertiary/aromatic N) is 2. The number of carbonyl (C=O) groups excluding carboxylic acids is 1. The number of halogens is 1. The molecule has 2 saturated heterocycles. The zero-order valence-electron chi connectivity index (χ0n) is 21.4. The van der Waals surface area contributed by atoms with Gasteiger partial charge in [0.15, 0.2) is 0 Å². The minimum Gasteiger partial charge on any atom is -0.492 e. The van der Waals surface area contributed by atoms with E-state index in [0.29, 0.717) is 39.1 Å². The van der Waals surface area contributed by atoms with Gasteiger partial charge in [0.2, 0.25) is 26.0 Å². The van der Waals surface area contributed by atoms with E-state index in [1.165, 1.54) is 20.7 Å². The summed E-state index contributed by atoms with van der Waals surface area (Å²) in [4.78, 5) is 13.2. The van der Waals surface area contributed by atoms with E-state index < -0.39 is 26.0 Å². The van der Waals surface area contributed by atoms with E-state index >= 15 is 0 Å². The average molecular weight is 584 g/mol. The number of piperidine rings is 2.